The number of imidazole rings is 1. The summed E-state index contributed by atoms with van der Waals surface area (Å²) < 4.78 is 1.89. The molecule has 0 saturated carbocycles. The summed E-state index contributed by atoms with van der Waals surface area (Å²) in [6.45, 7) is 6.17. The highest BCUT2D eigenvalue weighted by Gasteiger charge is 2.16. The van der Waals surface area contributed by atoms with Gasteiger partial charge in [0.2, 0.25) is 0 Å². The van der Waals surface area contributed by atoms with Gasteiger partial charge in [-0.1, -0.05) is 19.9 Å². The molecular formula is C13H16N2O2. The molecule has 2 aromatic rings. The number of nitrogens with zero attached hydrogens (tertiary/aromatic N) is 2. The summed E-state index contributed by atoms with van der Waals surface area (Å²) in [5.74, 6) is 0.292. The fourth-order valence-corrected chi connectivity index (χ4v) is 1.92. The third kappa shape index (κ3) is 2.16. The summed E-state index contributed by atoms with van der Waals surface area (Å²) in [7, 11) is 0. The van der Waals surface area contributed by atoms with Crippen LogP contribution in [0.4, 0.5) is 0 Å². The molecule has 4 heteroatoms. The molecule has 0 aliphatic heterocycles. The van der Waals surface area contributed by atoms with Crippen LogP contribution in [0.1, 0.15) is 35.7 Å². The van der Waals surface area contributed by atoms with Gasteiger partial charge < -0.3 is 9.51 Å². The van der Waals surface area contributed by atoms with Crippen molar-refractivity contribution in [3.63, 3.8) is 0 Å². The summed E-state index contributed by atoms with van der Waals surface area (Å²) in [6.07, 6.45) is 2.71. The molecule has 17 heavy (non-hydrogen) atoms. The lowest BCUT2D eigenvalue weighted by Gasteiger charge is -2.04. The van der Waals surface area contributed by atoms with Crippen LogP contribution in [-0.4, -0.2) is 20.5 Å². The molecule has 0 unspecified atom stereocenters. The van der Waals surface area contributed by atoms with Gasteiger partial charge in [-0.2, -0.15) is 0 Å². The van der Waals surface area contributed by atoms with E-state index in [0.717, 1.165) is 17.8 Å². The molecule has 4 nitrogen and oxygen atoms in total. The lowest BCUT2D eigenvalue weighted by molar-refractivity contribution is 0.0693. The smallest absolute Gasteiger partial charge is 0.356 e. The van der Waals surface area contributed by atoms with Crippen molar-refractivity contribution in [1.29, 1.82) is 0 Å². The number of carboxylic acids is 1. The Kier molecular flexibility index (Phi) is 2.88. The predicted octanol–water partition coefficient (Wildman–Crippen LogP) is 2.54. The van der Waals surface area contributed by atoms with E-state index < -0.39 is 5.97 Å². The van der Waals surface area contributed by atoms with E-state index in [0.29, 0.717) is 11.4 Å². The first-order chi connectivity index (χ1) is 7.99. The zero-order valence-electron chi connectivity index (χ0n) is 10.3. The van der Waals surface area contributed by atoms with Crippen LogP contribution >= 0.6 is 0 Å². The van der Waals surface area contributed by atoms with Crippen LogP contribution in [0, 0.1) is 12.8 Å². The first-order valence-electron chi connectivity index (χ1n) is 5.70. The van der Waals surface area contributed by atoms with Gasteiger partial charge >= 0.3 is 5.97 Å². The predicted molar refractivity (Wildman–Crippen MR) is 65.4 cm³/mol. The average molecular weight is 232 g/mol. The monoisotopic (exact) mass is 232 g/mol. The molecule has 0 spiro atoms. The van der Waals surface area contributed by atoms with Crippen molar-refractivity contribution in [2.24, 2.45) is 5.92 Å². The van der Waals surface area contributed by atoms with Crippen LogP contribution in [-0.2, 0) is 6.42 Å². The zero-order chi connectivity index (χ0) is 12.6. The fourth-order valence-electron chi connectivity index (χ4n) is 1.92. The molecule has 2 heterocycles. The highest BCUT2D eigenvalue weighted by molar-refractivity contribution is 5.93. The quantitative estimate of drug-likeness (QED) is 0.884. The summed E-state index contributed by atoms with van der Waals surface area (Å²) in [5.41, 5.74) is 1.90. The van der Waals surface area contributed by atoms with E-state index in [2.05, 4.69) is 18.8 Å². The van der Waals surface area contributed by atoms with Crippen molar-refractivity contribution in [3.8, 4) is 0 Å². The van der Waals surface area contributed by atoms with Crippen LogP contribution in [0.5, 0.6) is 0 Å². The van der Waals surface area contributed by atoms with Crippen LogP contribution < -0.4 is 0 Å². The summed E-state index contributed by atoms with van der Waals surface area (Å²) in [6, 6.07) is 3.72. The van der Waals surface area contributed by atoms with E-state index >= 15 is 0 Å². The van der Waals surface area contributed by atoms with E-state index in [4.69, 9.17) is 5.11 Å². The number of aromatic nitrogens is 2. The molecule has 1 N–H and O–H groups in total. The maximum atomic E-state index is 11.1. The molecule has 0 aliphatic rings. The van der Waals surface area contributed by atoms with Crippen molar-refractivity contribution in [1.82, 2.24) is 9.38 Å². The Morgan fingerprint density at radius 1 is 1.47 bits per heavy atom. The van der Waals surface area contributed by atoms with Gasteiger partial charge in [0.15, 0.2) is 5.69 Å². The maximum absolute atomic E-state index is 11.1. The van der Waals surface area contributed by atoms with Crippen molar-refractivity contribution in [2.75, 3.05) is 0 Å². The van der Waals surface area contributed by atoms with Crippen molar-refractivity contribution < 1.29 is 9.90 Å². The second-order valence-electron chi connectivity index (χ2n) is 4.74. The maximum Gasteiger partial charge on any atom is 0.356 e. The first-order valence-corrected chi connectivity index (χ1v) is 5.70. The van der Waals surface area contributed by atoms with Crippen molar-refractivity contribution in [2.45, 2.75) is 27.2 Å². The standard InChI is InChI=1S/C13H16N2O2/c1-8(2)6-11-14-12(13(16)17)10-5-4-9(3)7-15(10)11/h4-5,7-8H,6H2,1-3H3,(H,16,17). The van der Waals surface area contributed by atoms with Gasteiger partial charge in [-0.05, 0) is 24.5 Å². The minimum absolute atomic E-state index is 0.139. The zero-order valence-corrected chi connectivity index (χ0v) is 10.3. The van der Waals surface area contributed by atoms with Crippen LogP contribution in [0.3, 0.4) is 0 Å². The third-order valence-corrected chi connectivity index (χ3v) is 2.65. The lowest BCUT2D eigenvalue weighted by Crippen LogP contribution is -2.01. The highest BCUT2D eigenvalue weighted by atomic mass is 16.4. The molecule has 0 radical (unpaired) electrons. The summed E-state index contributed by atoms with van der Waals surface area (Å²) >= 11 is 0. The Balaban J connectivity index is 2.66. The second kappa shape index (κ2) is 4.20. The Morgan fingerprint density at radius 3 is 2.76 bits per heavy atom. The van der Waals surface area contributed by atoms with Crippen LogP contribution in [0.2, 0.25) is 0 Å². The second-order valence-corrected chi connectivity index (χ2v) is 4.74. The number of carboxylic acid groups (broad SMARTS) is 1. The Bertz CT molecular complexity index is 570. The minimum atomic E-state index is -0.971. The minimum Gasteiger partial charge on any atom is -0.476 e. The molecule has 0 saturated heterocycles. The van der Waals surface area contributed by atoms with Gasteiger partial charge in [0.1, 0.15) is 5.82 Å². The number of pyridine rings is 1. The molecule has 0 atom stereocenters. The average Bonchev–Trinajstić information content (AvgIpc) is 2.56. The number of hydrogen-bond acceptors (Lipinski definition) is 2. The van der Waals surface area contributed by atoms with E-state index in [1.165, 1.54) is 0 Å². The lowest BCUT2D eigenvalue weighted by atomic mass is 10.1. The van der Waals surface area contributed by atoms with Gasteiger partial charge in [0.25, 0.3) is 0 Å². The molecule has 0 bridgehead atoms. The largest absolute Gasteiger partial charge is 0.476 e. The van der Waals surface area contributed by atoms with E-state index in [-0.39, 0.29) is 5.69 Å². The summed E-state index contributed by atoms with van der Waals surface area (Å²) in [4.78, 5) is 15.4. The third-order valence-electron chi connectivity index (χ3n) is 2.65. The summed E-state index contributed by atoms with van der Waals surface area (Å²) in [5, 5.41) is 9.12. The molecular weight excluding hydrogens is 216 g/mol. The van der Waals surface area contributed by atoms with Crippen molar-refractivity contribution >= 4 is 11.5 Å². The fraction of sp³-hybridized carbons (Fsp3) is 0.385. The molecule has 2 rings (SSSR count). The van der Waals surface area contributed by atoms with Crippen molar-refractivity contribution in [3.05, 3.63) is 35.4 Å². The van der Waals surface area contributed by atoms with Crippen LogP contribution in [0.25, 0.3) is 5.52 Å². The molecule has 0 aliphatic carbocycles. The number of fused-ring (bicyclic) bond motifs is 1. The Hall–Kier alpha value is -1.84. The Morgan fingerprint density at radius 2 is 2.18 bits per heavy atom. The van der Waals surface area contributed by atoms with Gasteiger partial charge in [-0.25, -0.2) is 9.78 Å². The van der Waals surface area contributed by atoms with Gasteiger partial charge in [-0.15, -0.1) is 0 Å². The van der Waals surface area contributed by atoms with Gasteiger partial charge in [-0.3, -0.25) is 0 Å². The number of hydrogen-bond donors (Lipinski definition) is 1. The number of aromatic carboxylic acids is 1. The van der Waals surface area contributed by atoms with Gasteiger partial charge in [0.05, 0.1) is 5.52 Å². The van der Waals surface area contributed by atoms with Gasteiger partial charge in [0, 0.05) is 12.6 Å². The van der Waals surface area contributed by atoms with E-state index in [1.54, 1.807) is 0 Å². The highest BCUT2D eigenvalue weighted by Crippen LogP contribution is 2.17. The van der Waals surface area contributed by atoms with E-state index in [1.807, 2.05) is 29.7 Å². The Labute approximate surface area is 99.9 Å². The SMILES string of the molecule is Cc1ccc2c(C(=O)O)nc(CC(C)C)n2c1. The first kappa shape index (κ1) is 11.6. The number of rotatable bonds is 3. The van der Waals surface area contributed by atoms with Crippen LogP contribution in [0.15, 0.2) is 18.3 Å². The molecule has 2 aromatic heterocycles. The molecule has 0 amide bonds. The topological polar surface area (TPSA) is 54.6 Å². The molecule has 0 fully saturated rings. The number of aryl methyl sites for hydroxylation is 1. The normalized spacial score (nSPS) is 11.3. The van der Waals surface area contributed by atoms with E-state index in [9.17, 15) is 4.79 Å². The number of carbonyl (C=O) groups is 1. The molecule has 90 valence electrons. The molecule has 0 aromatic carbocycles.